The molecule has 110 valence electrons. The van der Waals surface area contributed by atoms with Crippen LogP contribution in [0, 0.1) is 0 Å². The smallest absolute Gasteiger partial charge is 0.322 e. The number of nitrogens with zero attached hydrogens (tertiary/aromatic N) is 1. The molecule has 1 amide bonds. The minimum Gasteiger partial charge on any atom is -0.480 e. The van der Waals surface area contributed by atoms with Gasteiger partial charge in [-0.1, -0.05) is 13.8 Å². The molecule has 0 bridgehead atoms. The van der Waals surface area contributed by atoms with E-state index in [4.69, 9.17) is 0 Å². The molecule has 6 nitrogen and oxygen atoms in total. The first-order valence-electron chi connectivity index (χ1n) is 7.00. The molecular weight excluding hydrogens is 246 g/mol. The molecule has 1 aliphatic heterocycles. The Hall–Kier alpha value is -1.14. The summed E-state index contributed by atoms with van der Waals surface area (Å²) < 4.78 is 0. The van der Waals surface area contributed by atoms with Gasteiger partial charge < -0.3 is 15.7 Å². The summed E-state index contributed by atoms with van der Waals surface area (Å²) in [4.78, 5) is 25.1. The lowest BCUT2D eigenvalue weighted by Crippen LogP contribution is -2.61. The lowest BCUT2D eigenvalue weighted by molar-refractivity contribution is -0.146. The molecule has 0 radical (unpaired) electrons. The molecule has 1 saturated heterocycles. The number of hydrogen-bond acceptors (Lipinski definition) is 4. The maximum atomic E-state index is 12.2. The van der Waals surface area contributed by atoms with Gasteiger partial charge in [0, 0.05) is 25.7 Å². The number of carbonyl (C=O) groups excluding carboxylic acids is 1. The molecule has 19 heavy (non-hydrogen) atoms. The summed E-state index contributed by atoms with van der Waals surface area (Å²) in [6, 6.07) is -0.874. The van der Waals surface area contributed by atoms with Gasteiger partial charge in [-0.2, -0.15) is 0 Å². The van der Waals surface area contributed by atoms with Crippen molar-refractivity contribution < 1.29 is 14.7 Å². The highest BCUT2D eigenvalue weighted by atomic mass is 16.4. The van der Waals surface area contributed by atoms with Gasteiger partial charge in [0.2, 0.25) is 5.91 Å². The predicted molar refractivity (Wildman–Crippen MR) is 73.0 cm³/mol. The van der Waals surface area contributed by atoms with E-state index in [1.807, 2.05) is 13.8 Å². The molecule has 0 spiro atoms. The standard InChI is InChI=1S/C13H25N3O3/c1-4-10(5-2)15-12(17)9(3)16-7-6-14-8-11(16)13(18)19/h9-11,14H,4-8H2,1-3H3,(H,15,17)(H,18,19). The molecule has 2 atom stereocenters. The molecule has 2 unspecified atom stereocenters. The number of rotatable bonds is 6. The predicted octanol–water partition coefficient (Wildman–Crippen LogP) is 0.0381. The molecule has 6 heteroatoms. The average Bonchev–Trinajstić information content (AvgIpc) is 2.43. The van der Waals surface area contributed by atoms with E-state index in [-0.39, 0.29) is 11.9 Å². The third kappa shape index (κ3) is 4.18. The Morgan fingerprint density at radius 2 is 2.05 bits per heavy atom. The Balaban J connectivity index is 2.65. The number of aliphatic carboxylic acids is 1. The van der Waals surface area contributed by atoms with E-state index in [2.05, 4.69) is 10.6 Å². The zero-order valence-electron chi connectivity index (χ0n) is 12.0. The average molecular weight is 271 g/mol. The molecule has 0 saturated carbocycles. The Kier molecular flexibility index (Phi) is 6.24. The van der Waals surface area contributed by atoms with Crippen LogP contribution in [0.3, 0.4) is 0 Å². The van der Waals surface area contributed by atoms with Gasteiger partial charge in [0.05, 0.1) is 6.04 Å². The Bertz CT molecular complexity index is 318. The van der Waals surface area contributed by atoms with Crippen LogP contribution in [0.15, 0.2) is 0 Å². The number of piperazine rings is 1. The minimum atomic E-state index is -0.880. The van der Waals surface area contributed by atoms with Crippen molar-refractivity contribution >= 4 is 11.9 Å². The first-order valence-corrected chi connectivity index (χ1v) is 7.00. The molecule has 0 aromatic carbocycles. The van der Waals surface area contributed by atoms with Crippen molar-refractivity contribution in [2.75, 3.05) is 19.6 Å². The van der Waals surface area contributed by atoms with Crippen molar-refractivity contribution in [1.82, 2.24) is 15.5 Å². The van der Waals surface area contributed by atoms with E-state index in [0.29, 0.717) is 19.6 Å². The van der Waals surface area contributed by atoms with Crippen LogP contribution in [-0.4, -0.2) is 59.6 Å². The fraction of sp³-hybridized carbons (Fsp3) is 0.846. The van der Waals surface area contributed by atoms with Gasteiger partial charge in [0.15, 0.2) is 0 Å². The zero-order valence-corrected chi connectivity index (χ0v) is 12.0. The van der Waals surface area contributed by atoms with Crippen LogP contribution in [0.25, 0.3) is 0 Å². The number of amides is 1. The highest BCUT2D eigenvalue weighted by Gasteiger charge is 2.34. The fourth-order valence-electron chi connectivity index (χ4n) is 2.38. The molecule has 1 fully saturated rings. The van der Waals surface area contributed by atoms with E-state index in [1.165, 1.54) is 0 Å². The van der Waals surface area contributed by atoms with Crippen molar-refractivity contribution in [2.24, 2.45) is 0 Å². The molecule has 1 heterocycles. The number of carboxylic acids is 1. The highest BCUT2D eigenvalue weighted by Crippen LogP contribution is 2.10. The second kappa shape index (κ2) is 7.45. The van der Waals surface area contributed by atoms with Crippen molar-refractivity contribution in [3.8, 4) is 0 Å². The summed E-state index contributed by atoms with van der Waals surface area (Å²) in [5.74, 6) is -0.962. The van der Waals surface area contributed by atoms with Crippen LogP contribution in [0.2, 0.25) is 0 Å². The van der Waals surface area contributed by atoms with Crippen LogP contribution in [-0.2, 0) is 9.59 Å². The maximum absolute atomic E-state index is 12.2. The van der Waals surface area contributed by atoms with Gasteiger partial charge in [0.1, 0.15) is 6.04 Å². The molecule has 0 aliphatic carbocycles. The van der Waals surface area contributed by atoms with Gasteiger partial charge >= 0.3 is 5.97 Å². The van der Waals surface area contributed by atoms with Crippen molar-refractivity contribution in [1.29, 1.82) is 0 Å². The monoisotopic (exact) mass is 271 g/mol. The number of hydrogen-bond donors (Lipinski definition) is 3. The quantitative estimate of drug-likeness (QED) is 0.635. The van der Waals surface area contributed by atoms with E-state index in [9.17, 15) is 14.7 Å². The largest absolute Gasteiger partial charge is 0.480 e. The Morgan fingerprint density at radius 3 is 2.58 bits per heavy atom. The van der Waals surface area contributed by atoms with Crippen LogP contribution >= 0.6 is 0 Å². The third-order valence-electron chi connectivity index (χ3n) is 3.78. The van der Waals surface area contributed by atoms with Gasteiger partial charge in [0.25, 0.3) is 0 Å². The Labute approximate surface area is 114 Å². The van der Waals surface area contributed by atoms with Gasteiger partial charge in [-0.15, -0.1) is 0 Å². The summed E-state index contributed by atoms with van der Waals surface area (Å²) in [6.07, 6.45) is 1.78. The van der Waals surface area contributed by atoms with Crippen molar-refractivity contribution in [3.63, 3.8) is 0 Å². The van der Waals surface area contributed by atoms with Crippen LogP contribution in [0.5, 0.6) is 0 Å². The van der Waals surface area contributed by atoms with Gasteiger partial charge in [-0.25, -0.2) is 0 Å². The van der Waals surface area contributed by atoms with E-state index >= 15 is 0 Å². The summed E-state index contributed by atoms with van der Waals surface area (Å²) in [5, 5.41) is 15.2. The summed E-state index contributed by atoms with van der Waals surface area (Å²) in [6.45, 7) is 7.52. The van der Waals surface area contributed by atoms with E-state index in [1.54, 1.807) is 11.8 Å². The van der Waals surface area contributed by atoms with Crippen molar-refractivity contribution in [2.45, 2.75) is 51.7 Å². The second-order valence-electron chi connectivity index (χ2n) is 4.99. The summed E-state index contributed by atoms with van der Waals surface area (Å²) in [7, 11) is 0. The minimum absolute atomic E-state index is 0.0816. The Morgan fingerprint density at radius 1 is 1.42 bits per heavy atom. The normalized spacial score (nSPS) is 22.2. The lowest BCUT2D eigenvalue weighted by Gasteiger charge is -2.37. The van der Waals surface area contributed by atoms with Crippen LogP contribution in [0.1, 0.15) is 33.6 Å². The first kappa shape index (κ1) is 15.9. The third-order valence-corrected chi connectivity index (χ3v) is 3.78. The molecule has 0 aromatic rings. The van der Waals surface area contributed by atoms with E-state index < -0.39 is 18.1 Å². The van der Waals surface area contributed by atoms with E-state index in [0.717, 1.165) is 12.8 Å². The lowest BCUT2D eigenvalue weighted by atomic mass is 10.1. The fourth-order valence-corrected chi connectivity index (χ4v) is 2.38. The summed E-state index contributed by atoms with van der Waals surface area (Å²) >= 11 is 0. The second-order valence-corrected chi connectivity index (χ2v) is 4.99. The topological polar surface area (TPSA) is 81.7 Å². The number of carbonyl (C=O) groups is 2. The number of nitrogens with one attached hydrogen (secondary N) is 2. The van der Waals surface area contributed by atoms with Crippen molar-refractivity contribution in [3.05, 3.63) is 0 Å². The molecular formula is C13H25N3O3. The maximum Gasteiger partial charge on any atom is 0.322 e. The molecule has 1 aliphatic rings. The first-order chi connectivity index (χ1) is 9.01. The highest BCUT2D eigenvalue weighted by molar-refractivity contribution is 5.83. The SMILES string of the molecule is CCC(CC)NC(=O)C(C)N1CCNCC1C(=O)O. The molecule has 3 N–H and O–H groups in total. The number of carboxylic acid groups (broad SMARTS) is 1. The van der Waals surface area contributed by atoms with Crippen LogP contribution in [0.4, 0.5) is 0 Å². The van der Waals surface area contributed by atoms with Crippen LogP contribution < -0.4 is 10.6 Å². The zero-order chi connectivity index (χ0) is 14.4. The summed E-state index contributed by atoms with van der Waals surface area (Å²) in [5.41, 5.74) is 0. The van der Waals surface area contributed by atoms with Gasteiger partial charge in [-0.05, 0) is 19.8 Å². The van der Waals surface area contributed by atoms with Gasteiger partial charge in [-0.3, -0.25) is 14.5 Å². The molecule has 0 aromatic heterocycles. The molecule has 1 rings (SSSR count).